The Morgan fingerprint density at radius 1 is 1.50 bits per heavy atom. The van der Waals surface area contributed by atoms with Crippen molar-refractivity contribution in [1.82, 2.24) is 0 Å². The third-order valence-electron chi connectivity index (χ3n) is 2.11. The second kappa shape index (κ2) is 4.28. The van der Waals surface area contributed by atoms with Crippen molar-refractivity contribution in [1.29, 1.82) is 0 Å². The number of phenols is 1. The Morgan fingerprint density at radius 2 is 2.14 bits per heavy atom. The maximum atomic E-state index is 13.1. The number of halogens is 1. The van der Waals surface area contributed by atoms with Crippen LogP contribution < -0.4 is 11.5 Å². The molecule has 14 heavy (non-hydrogen) atoms. The molecule has 78 valence electrons. The van der Waals surface area contributed by atoms with E-state index in [4.69, 9.17) is 11.5 Å². The number of hydrogen-bond donors (Lipinski definition) is 3. The zero-order valence-corrected chi connectivity index (χ0v) is 8.13. The van der Waals surface area contributed by atoms with Crippen molar-refractivity contribution < 1.29 is 9.50 Å². The molecule has 0 aromatic heterocycles. The van der Waals surface area contributed by atoms with E-state index in [0.29, 0.717) is 12.0 Å². The van der Waals surface area contributed by atoms with Gasteiger partial charge in [-0.1, -0.05) is 13.3 Å². The highest BCUT2D eigenvalue weighted by atomic mass is 19.1. The summed E-state index contributed by atoms with van der Waals surface area (Å²) in [5.41, 5.74) is 11.9. The number of anilines is 1. The minimum atomic E-state index is -0.716. The number of benzene rings is 1. The van der Waals surface area contributed by atoms with E-state index < -0.39 is 5.82 Å². The highest BCUT2D eigenvalue weighted by Gasteiger charge is 2.14. The molecule has 1 aromatic carbocycles. The first-order valence-electron chi connectivity index (χ1n) is 4.59. The van der Waals surface area contributed by atoms with Crippen molar-refractivity contribution in [3.63, 3.8) is 0 Å². The highest BCUT2D eigenvalue weighted by Crippen LogP contribution is 2.30. The number of rotatable bonds is 3. The van der Waals surface area contributed by atoms with E-state index >= 15 is 0 Å². The van der Waals surface area contributed by atoms with Crippen LogP contribution in [0.1, 0.15) is 31.4 Å². The molecule has 0 saturated heterocycles. The predicted octanol–water partition coefficient (Wildman–Crippen LogP) is 1.91. The van der Waals surface area contributed by atoms with Crippen LogP contribution >= 0.6 is 0 Å². The molecular weight excluding hydrogens is 183 g/mol. The quantitative estimate of drug-likeness (QED) is 0.513. The smallest absolute Gasteiger partial charge is 0.167 e. The SMILES string of the molecule is CCC[C@@H](N)c1cc(N)cc(F)c1O. The lowest BCUT2D eigenvalue weighted by molar-refractivity contribution is 0.418. The van der Waals surface area contributed by atoms with E-state index in [1.165, 1.54) is 6.07 Å². The molecule has 1 atom stereocenters. The summed E-state index contributed by atoms with van der Waals surface area (Å²) in [4.78, 5) is 0. The Labute approximate surface area is 82.5 Å². The molecule has 0 saturated carbocycles. The molecule has 1 rings (SSSR count). The lowest BCUT2D eigenvalue weighted by atomic mass is 10.0. The number of hydrogen-bond acceptors (Lipinski definition) is 3. The number of nitrogen functional groups attached to an aromatic ring is 1. The molecule has 0 unspecified atom stereocenters. The van der Waals surface area contributed by atoms with Crippen LogP contribution in [0.2, 0.25) is 0 Å². The van der Waals surface area contributed by atoms with Crippen molar-refractivity contribution in [2.45, 2.75) is 25.8 Å². The maximum Gasteiger partial charge on any atom is 0.167 e. The summed E-state index contributed by atoms with van der Waals surface area (Å²) in [6.45, 7) is 1.97. The van der Waals surface area contributed by atoms with Gasteiger partial charge in [0.25, 0.3) is 0 Å². The van der Waals surface area contributed by atoms with Gasteiger partial charge in [0.15, 0.2) is 11.6 Å². The second-order valence-electron chi connectivity index (χ2n) is 3.34. The van der Waals surface area contributed by atoms with Gasteiger partial charge in [-0.2, -0.15) is 0 Å². The third kappa shape index (κ3) is 2.14. The van der Waals surface area contributed by atoms with Crippen LogP contribution in [-0.2, 0) is 0 Å². The molecular formula is C10H15FN2O. The average Bonchev–Trinajstić information content (AvgIpc) is 2.11. The molecule has 0 heterocycles. The molecule has 4 heteroatoms. The lowest BCUT2D eigenvalue weighted by Gasteiger charge is -2.13. The van der Waals surface area contributed by atoms with Crippen LogP contribution in [0.3, 0.4) is 0 Å². The molecule has 0 aliphatic rings. The number of nitrogens with two attached hydrogens (primary N) is 2. The first kappa shape index (κ1) is 10.8. The van der Waals surface area contributed by atoms with Crippen LogP contribution in [0.5, 0.6) is 5.75 Å². The van der Waals surface area contributed by atoms with Gasteiger partial charge in [0.1, 0.15) is 0 Å². The van der Waals surface area contributed by atoms with Crippen molar-refractivity contribution in [2.24, 2.45) is 5.73 Å². The molecule has 5 N–H and O–H groups in total. The van der Waals surface area contributed by atoms with Crippen molar-refractivity contribution in [2.75, 3.05) is 5.73 Å². The molecule has 0 fully saturated rings. The lowest BCUT2D eigenvalue weighted by Crippen LogP contribution is -2.11. The monoisotopic (exact) mass is 198 g/mol. The van der Waals surface area contributed by atoms with Gasteiger partial charge in [-0.05, 0) is 12.5 Å². The predicted molar refractivity (Wildman–Crippen MR) is 54.3 cm³/mol. The molecule has 3 nitrogen and oxygen atoms in total. The summed E-state index contributed by atoms with van der Waals surface area (Å²) in [5, 5.41) is 9.41. The second-order valence-corrected chi connectivity index (χ2v) is 3.34. The molecule has 0 bridgehead atoms. The highest BCUT2D eigenvalue weighted by molar-refractivity contribution is 5.49. The summed E-state index contributed by atoms with van der Waals surface area (Å²) >= 11 is 0. The minimum Gasteiger partial charge on any atom is -0.505 e. The van der Waals surface area contributed by atoms with Gasteiger partial charge in [-0.25, -0.2) is 4.39 Å². The van der Waals surface area contributed by atoms with Gasteiger partial charge in [-0.15, -0.1) is 0 Å². The fraction of sp³-hybridized carbons (Fsp3) is 0.400. The fourth-order valence-electron chi connectivity index (χ4n) is 1.39. The Balaban J connectivity index is 3.07. The topological polar surface area (TPSA) is 72.3 Å². The zero-order valence-electron chi connectivity index (χ0n) is 8.13. The summed E-state index contributed by atoms with van der Waals surface area (Å²) < 4.78 is 13.1. The third-order valence-corrected chi connectivity index (χ3v) is 2.11. The molecule has 0 amide bonds. The van der Waals surface area contributed by atoms with Crippen LogP contribution in [-0.4, -0.2) is 5.11 Å². The van der Waals surface area contributed by atoms with Gasteiger partial charge >= 0.3 is 0 Å². The summed E-state index contributed by atoms with van der Waals surface area (Å²) in [7, 11) is 0. The standard InChI is InChI=1S/C10H15FN2O/c1-2-3-9(13)7-4-6(12)5-8(11)10(7)14/h4-5,9,14H,2-3,12-13H2,1H3/t9-/m1/s1. The van der Waals surface area contributed by atoms with Gasteiger partial charge in [0.2, 0.25) is 0 Å². The summed E-state index contributed by atoms with van der Waals surface area (Å²) in [6, 6.07) is 2.23. The van der Waals surface area contributed by atoms with E-state index in [-0.39, 0.29) is 17.5 Å². The van der Waals surface area contributed by atoms with E-state index in [1.54, 1.807) is 0 Å². The molecule has 0 aliphatic heterocycles. The van der Waals surface area contributed by atoms with E-state index in [0.717, 1.165) is 12.5 Å². The van der Waals surface area contributed by atoms with Crippen molar-refractivity contribution in [3.05, 3.63) is 23.5 Å². The number of aromatic hydroxyl groups is 1. The average molecular weight is 198 g/mol. The largest absolute Gasteiger partial charge is 0.505 e. The van der Waals surface area contributed by atoms with Crippen LogP contribution in [0.25, 0.3) is 0 Å². The maximum absolute atomic E-state index is 13.1. The minimum absolute atomic E-state index is 0.279. The Hall–Kier alpha value is -1.29. The summed E-state index contributed by atoms with van der Waals surface area (Å²) in [6.07, 6.45) is 1.56. The van der Waals surface area contributed by atoms with E-state index in [9.17, 15) is 9.50 Å². The fourth-order valence-corrected chi connectivity index (χ4v) is 1.39. The van der Waals surface area contributed by atoms with Crippen LogP contribution in [0.4, 0.5) is 10.1 Å². The van der Waals surface area contributed by atoms with Gasteiger partial charge < -0.3 is 16.6 Å². The molecule has 0 spiro atoms. The van der Waals surface area contributed by atoms with Gasteiger partial charge in [0.05, 0.1) is 0 Å². The van der Waals surface area contributed by atoms with Crippen molar-refractivity contribution in [3.8, 4) is 5.75 Å². The van der Waals surface area contributed by atoms with E-state index in [2.05, 4.69) is 0 Å². The van der Waals surface area contributed by atoms with Crippen LogP contribution in [0.15, 0.2) is 12.1 Å². The normalized spacial score (nSPS) is 12.8. The first-order valence-corrected chi connectivity index (χ1v) is 4.59. The Bertz CT molecular complexity index is 328. The van der Waals surface area contributed by atoms with Gasteiger partial charge in [-0.3, -0.25) is 0 Å². The first-order chi connectivity index (χ1) is 6.56. The summed E-state index contributed by atoms with van der Waals surface area (Å²) in [5.74, 6) is -1.10. The Kier molecular flexibility index (Phi) is 3.30. The molecule has 1 aromatic rings. The molecule has 0 aliphatic carbocycles. The van der Waals surface area contributed by atoms with Gasteiger partial charge in [0, 0.05) is 23.4 Å². The molecule has 0 radical (unpaired) electrons. The van der Waals surface area contributed by atoms with E-state index in [1.807, 2.05) is 6.92 Å². The Morgan fingerprint density at radius 3 is 2.71 bits per heavy atom. The van der Waals surface area contributed by atoms with Crippen molar-refractivity contribution >= 4 is 5.69 Å². The number of phenolic OH excluding ortho intramolecular Hbond substituents is 1. The zero-order chi connectivity index (χ0) is 10.7. The van der Waals surface area contributed by atoms with Crippen LogP contribution in [0, 0.1) is 5.82 Å².